The van der Waals surface area contributed by atoms with Crippen LogP contribution in [0.2, 0.25) is 0 Å². The highest BCUT2D eigenvalue weighted by Gasteiger charge is 2.22. The van der Waals surface area contributed by atoms with Crippen molar-refractivity contribution in [3.05, 3.63) is 47.4 Å². The van der Waals surface area contributed by atoms with Crippen molar-refractivity contribution >= 4 is 15.7 Å². The van der Waals surface area contributed by atoms with Gasteiger partial charge >= 0.3 is 0 Å². The van der Waals surface area contributed by atoms with Gasteiger partial charge in [0, 0.05) is 6.07 Å². The van der Waals surface area contributed by atoms with E-state index in [1.807, 2.05) is 19.1 Å². The molecule has 21 heavy (non-hydrogen) atoms. The summed E-state index contributed by atoms with van der Waals surface area (Å²) in [7, 11) is -3.73. The van der Waals surface area contributed by atoms with Crippen LogP contribution in [0.5, 0.6) is 0 Å². The van der Waals surface area contributed by atoms with Crippen LogP contribution in [-0.4, -0.2) is 13.5 Å². The van der Waals surface area contributed by atoms with E-state index in [1.54, 1.807) is 19.1 Å². The summed E-state index contributed by atoms with van der Waals surface area (Å²) in [4.78, 5) is 0.0536. The highest BCUT2D eigenvalue weighted by molar-refractivity contribution is 7.92. The number of hydrogen-bond donors (Lipinski definition) is 2. The summed E-state index contributed by atoms with van der Waals surface area (Å²) < 4.78 is 32.7. The van der Waals surface area contributed by atoms with Gasteiger partial charge in [0.05, 0.1) is 5.69 Å². The molecule has 2 rings (SSSR count). The minimum absolute atomic E-state index is 0.0536. The second-order valence-electron chi connectivity index (χ2n) is 4.80. The molecule has 0 atom stereocenters. The van der Waals surface area contributed by atoms with E-state index in [-0.39, 0.29) is 23.0 Å². The zero-order valence-electron chi connectivity index (χ0n) is 12.1. The quantitative estimate of drug-likeness (QED) is 0.860. The maximum Gasteiger partial charge on any atom is 0.265 e. The molecule has 0 fully saturated rings. The molecule has 0 aliphatic rings. The Morgan fingerprint density at radius 2 is 2.00 bits per heavy atom. The highest BCUT2D eigenvalue weighted by Crippen LogP contribution is 2.25. The lowest BCUT2D eigenvalue weighted by molar-refractivity contribution is 0.245. The highest BCUT2D eigenvalue weighted by atomic mass is 32.2. The lowest BCUT2D eigenvalue weighted by atomic mass is 10.1. The Morgan fingerprint density at radius 1 is 1.29 bits per heavy atom. The minimum Gasteiger partial charge on any atom is -0.462 e. The van der Waals surface area contributed by atoms with Crippen LogP contribution in [0.15, 0.2) is 39.6 Å². The molecule has 114 valence electrons. The maximum absolute atomic E-state index is 12.5. The smallest absolute Gasteiger partial charge is 0.265 e. The van der Waals surface area contributed by atoms with E-state index in [4.69, 9.17) is 9.52 Å². The van der Waals surface area contributed by atoms with Crippen molar-refractivity contribution in [2.24, 2.45) is 0 Å². The normalized spacial score (nSPS) is 11.6. The predicted octanol–water partition coefficient (Wildman–Crippen LogP) is 2.83. The number of sulfonamides is 1. The molecule has 0 bridgehead atoms. The maximum atomic E-state index is 12.5. The third-order valence-electron chi connectivity index (χ3n) is 3.15. The van der Waals surface area contributed by atoms with Gasteiger partial charge in [0.15, 0.2) is 0 Å². The topological polar surface area (TPSA) is 79.5 Å². The largest absolute Gasteiger partial charge is 0.462 e. The fraction of sp³-hybridized carbons (Fsp3) is 0.333. The lowest BCUT2D eigenvalue weighted by Crippen LogP contribution is -2.14. The summed E-state index contributed by atoms with van der Waals surface area (Å²) in [5.41, 5.74) is 1.53. The Labute approximate surface area is 124 Å². The number of aryl methyl sites for hydroxylation is 2. The summed E-state index contributed by atoms with van der Waals surface area (Å²) in [5.74, 6) is 0.495. The van der Waals surface area contributed by atoms with E-state index >= 15 is 0 Å². The Morgan fingerprint density at radius 3 is 2.62 bits per heavy atom. The molecule has 0 amide bonds. The molecule has 1 heterocycles. The van der Waals surface area contributed by atoms with Crippen molar-refractivity contribution in [1.29, 1.82) is 0 Å². The van der Waals surface area contributed by atoms with E-state index in [1.165, 1.54) is 6.07 Å². The monoisotopic (exact) mass is 309 g/mol. The molecule has 6 heteroatoms. The summed E-state index contributed by atoms with van der Waals surface area (Å²) in [6.07, 6.45) is 1.73. The number of nitrogens with one attached hydrogen (secondary N) is 1. The third-order valence-corrected chi connectivity index (χ3v) is 4.62. The van der Waals surface area contributed by atoms with Gasteiger partial charge in [-0.05, 0) is 25.0 Å². The molecule has 5 nitrogen and oxygen atoms in total. The van der Waals surface area contributed by atoms with Crippen molar-refractivity contribution in [1.82, 2.24) is 0 Å². The molecule has 0 aliphatic carbocycles. The van der Waals surface area contributed by atoms with E-state index in [2.05, 4.69) is 4.72 Å². The average molecular weight is 309 g/mol. The van der Waals surface area contributed by atoms with Crippen LogP contribution in [0.25, 0.3) is 0 Å². The van der Waals surface area contributed by atoms with Gasteiger partial charge in [-0.25, -0.2) is 8.42 Å². The first-order valence-electron chi connectivity index (χ1n) is 6.78. The van der Waals surface area contributed by atoms with Crippen LogP contribution in [0, 0.1) is 6.92 Å². The second kappa shape index (κ2) is 6.32. The van der Waals surface area contributed by atoms with Gasteiger partial charge in [-0.1, -0.05) is 31.5 Å². The number of rotatable bonds is 6. The van der Waals surface area contributed by atoms with E-state index in [9.17, 15) is 8.42 Å². The van der Waals surface area contributed by atoms with Crippen LogP contribution >= 0.6 is 0 Å². The molecule has 0 unspecified atom stereocenters. The molecule has 0 spiro atoms. The summed E-state index contributed by atoms with van der Waals surface area (Å²) in [5, 5.41) is 9.04. The Kier molecular flexibility index (Phi) is 4.69. The summed E-state index contributed by atoms with van der Waals surface area (Å²) in [6.45, 7) is 3.27. The first kappa shape index (κ1) is 15.6. The number of para-hydroxylation sites is 1. The van der Waals surface area contributed by atoms with Gasteiger partial charge in [-0.2, -0.15) is 0 Å². The SMILES string of the molecule is CCCc1ccccc1NS(=O)(=O)c1cc(CO)oc1C. The van der Waals surface area contributed by atoms with Gasteiger partial charge in [0.2, 0.25) is 0 Å². The zero-order chi connectivity index (χ0) is 15.5. The van der Waals surface area contributed by atoms with Crippen molar-refractivity contribution < 1.29 is 17.9 Å². The first-order chi connectivity index (χ1) is 9.97. The first-order valence-corrected chi connectivity index (χ1v) is 8.27. The molecule has 0 saturated heterocycles. The molecule has 1 aromatic heterocycles. The fourth-order valence-corrected chi connectivity index (χ4v) is 3.48. The Bertz CT molecular complexity index is 719. The van der Waals surface area contributed by atoms with Crippen molar-refractivity contribution in [2.75, 3.05) is 4.72 Å². The molecular formula is C15H19NO4S. The van der Waals surface area contributed by atoms with Crippen molar-refractivity contribution in [3.8, 4) is 0 Å². The summed E-state index contributed by atoms with van der Waals surface area (Å²) in [6, 6.07) is 8.67. The van der Waals surface area contributed by atoms with Crippen LogP contribution in [0.3, 0.4) is 0 Å². The Balaban J connectivity index is 2.35. The number of aliphatic hydroxyl groups is 1. The van der Waals surface area contributed by atoms with Crippen molar-refractivity contribution in [3.63, 3.8) is 0 Å². The van der Waals surface area contributed by atoms with Gasteiger partial charge in [0.25, 0.3) is 10.0 Å². The third kappa shape index (κ3) is 3.46. The van der Waals surface area contributed by atoms with Crippen LogP contribution in [-0.2, 0) is 23.1 Å². The molecule has 1 aromatic carbocycles. The molecular weight excluding hydrogens is 290 g/mol. The standard InChI is InChI=1S/C15H19NO4S/c1-3-6-12-7-4-5-8-14(12)16-21(18,19)15-9-13(10-17)20-11(15)2/h4-5,7-9,16-17H,3,6,10H2,1-2H3. The van der Waals surface area contributed by atoms with Crippen LogP contribution in [0.4, 0.5) is 5.69 Å². The predicted molar refractivity (Wildman–Crippen MR) is 80.6 cm³/mol. The fourth-order valence-electron chi connectivity index (χ4n) is 2.18. The van der Waals surface area contributed by atoms with Gasteiger partial charge in [-0.15, -0.1) is 0 Å². The van der Waals surface area contributed by atoms with Gasteiger partial charge in [-0.3, -0.25) is 4.72 Å². The minimum atomic E-state index is -3.73. The number of anilines is 1. The molecule has 2 N–H and O–H groups in total. The van der Waals surface area contributed by atoms with Crippen LogP contribution in [0.1, 0.15) is 30.4 Å². The van der Waals surface area contributed by atoms with E-state index in [0.717, 1.165) is 18.4 Å². The molecule has 2 aromatic rings. The summed E-state index contributed by atoms with van der Waals surface area (Å²) >= 11 is 0. The number of furan rings is 1. The second-order valence-corrected chi connectivity index (χ2v) is 6.45. The average Bonchev–Trinajstić information content (AvgIpc) is 2.83. The zero-order valence-corrected chi connectivity index (χ0v) is 12.9. The van der Waals surface area contributed by atoms with Gasteiger partial charge in [0.1, 0.15) is 23.0 Å². The molecule has 0 aliphatic heterocycles. The molecule has 0 radical (unpaired) electrons. The number of aliphatic hydroxyl groups excluding tert-OH is 1. The van der Waals surface area contributed by atoms with Crippen molar-refractivity contribution in [2.45, 2.75) is 38.2 Å². The lowest BCUT2D eigenvalue weighted by Gasteiger charge is -2.11. The molecule has 0 saturated carbocycles. The Hall–Kier alpha value is -1.79. The van der Waals surface area contributed by atoms with E-state index < -0.39 is 10.0 Å². The number of hydrogen-bond acceptors (Lipinski definition) is 4. The van der Waals surface area contributed by atoms with E-state index in [0.29, 0.717) is 5.69 Å². The number of benzene rings is 1. The van der Waals surface area contributed by atoms with Gasteiger partial charge < -0.3 is 9.52 Å². The van der Waals surface area contributed by atoms with Crippen LogP contribution < -0.4 is 4.72 Å².